The fourth-order valence-electron chi connectivity index (χ4n) is 4.02. The lowest BCUT2D eigenvalue weighted by molar-refractivity contribution is 0.223. The molecule has 2 aliphatic carbocycles. The summed E-state index contributed by atoms with van der Waals surface area (Å²) in [5.41, 5.74) is 0.484. The van der Waals surface area contributed by atoms with Crippen molar-refractivity contribution in [1.82, 2.24) is 0 Å². The molecule has 0 aromatic carbocycles. The Labute approximate surface area is 142 Å². The van der Waals surface area contributed by atoms with Crippen molar-refractivity contribution in [2.45, 2.75) is 82.1 Å². The molecule has 0 heterocycles. The minimum Gasteiger partial charge on any atom is -0.432 e. The molecule has 0 aromatic rings. The first-order chi connectivity index (χ1) is 10.8. The number of hydrogen-bond donors (Lipinski definition) is 1. The zero-order valence-corrected chi connectivity index (χ0v) is 16.8. The van der Waals surface area contributed by atoms with Crippen LogP contribution >= 0.6 is 7.60 Å². The molecule has 4 nitrogen and oxygen atoms in total. The summed E-state index contributed by atoms with van der Waals surface area (Å²) < 4.78 is 24.3. The van der Waals surface area contributed by atoms with Crippen molar-refractivity contribution in [3.05, 3.63) is 12.3 Å². The highest BCUT2D eigenvalue weighted by Crippen LogP contribution is 2.59. The topological polar surface area (TPSA) is 55.8 Å². The van der Waals surface area contributed by atoms with Crippen LogP contribution in [0.4, 0.5) is 0 Å². The first kappa shape index (κ1) is 19.2. The van der Waals surface area contributed by atoms with Gasteiger partial charge in [-0.25, -0.2) is 4.57 Å². The molecule has 1 atom stereocenters. The number of rotatable bonds is 6. The van der Waals surface area contributed by atoms with E-state index in [0.717, 1.165) is 51.4 Å². The van der Waals surface area contributed by atoms with Crippen LogP contribution < -0.4 is 0 Å². The van der Waals surface area contributed by atoms with Gasteiger partial charge < -0.3 is 13.8 Å². The van der Waals surface area contributed by atoms with Gasteiger partial charge in [-0.3, -0.25) is 0 Å². The molecule has 0 radical (unpaired) electrons. The van der Waals surface area contributed by atoms with Crippen molar-refractivity contribution < 1.29 is 18.4 Å². The van der Waals surface area contributed by atoms with Crippen LogP contribution in [0, 0.1) is 5.92 Å². The second kappa shape index (κ2) is 7.86. The Morgan fingerprint density at radius 1 is 1.09 bits per heavy atom. The lowest BCUT2D eigenvalue weighted by Crippen LogP contribution is -2.35. The van der Waals surface area contributed by atoms with Crippen LogP contribution in [-0.4, -0.2) is 25.9 Å². The van der Waals surface area contributed by atoms with Crippen molar-refractivity contribution in [2.75, 3.05) is 7.11 Å². The second-order valence-electron chi connectivity index (χ2n) is 7.77. The highest BCUT2D eigenvalue weighted by Gasteiger charge is 2.40. The normalized spacial score (nSPS) is 29.7. The molecule has 6 heteroatoms. The third-order valence-corrected chi connectivity index (χ3v) is 10.7. The molecule has 2 aliphatic rings. The summed E-state index contributed by atoms with van der Waals surface area (Å²) in [5.74, 6) is 0.881. The molecule has 0 aromatic heterocycles. The smallest absolute Gasteiger partial charge is 0.381 e. The first-order valence-electron chi connectivity index (χ1n) is 9.02. The quantitative estimate of drug-likeness (QED) is 0.389. The summed E-state index contributed by atoms with van der Waals surface area (Å²) in [6.45, 7) is 8.11. The fraction of sp³-hybridized carbons (Fsp3) is 0.882. The number of hydrogen-bond acceptors (Lipinski definition) is 4. The van der Waals surface area contributed by atoms with E-state index in [1.165, 1.54) is 13.5 Å². The maximum absolute atomic E-state index is 13.1. The average Bonchev–Trinajstić information content (AvgIpc) is 2.55. The monoisotopic (exact) mass is 360 g/mol. The van der Waals surface area contributed by atoms with E-state index in [9.17, 15) is 9.36 Å². The lowest BCUT2D eigenvalue weighted by atomic mass is 9.88. The molecule has 0 spiro atoms. The average molecular weight is 361 g/mol. The van der Waals surface area contributed by atoms with Crippen LogP contribution in [0.15, 0.2) is 12.3 Å². The number of allylic oxidation sites excluding steroid dienone is 1. The van der Waals surface area contributed by atoms with Gasteiger partial charge >= 0.3 is 7.60 Å². The molecule has 2 saturated carbocycles. The summed E-state index contributed by atoms with van der Waals surface area (Å²) in [6.07, 6.45) is 9.25. The Morgan fingerprint density at radius 3 is 2.13 bits per heavy atom. The molecular formula is C17H33O4PSi. The van der Waals surface area contributed by atoms with Gasteiger partial charge in [0.25, 0.3) is 0 Å². The van der Waals surface area contributed by atoms with E-state index in [4.69, 9.17) is 9.05 Å². The molecular weight excluding hydrogens is 327 g/mol. The van der Waals surface area contributed by atoms with Crippen molar-refractivity contribution in [2.24, 2.45) is 5.92 Å². The molecule has 1 N–H and O–H groups in total. The van der Waals surface area contributed by atoms with Gasteiger partial charge in [0.2, 0.25) is 0 Å². The third kappa shape index (κ3) is 4.94. The van der Waals surface area contributed by atoms with Crippen molar-refractivity contribution in [3.63, 3.8) is 0 Å². The molecule has 23 heavy (non-hydrogen) atoms. The van der Waals surface area contributed by atoms with Gasteiger partial charge in [-0.15, -0.1) is 0 Å². The Balaban J connectivity index is 1.91. The predicted octanol–water partition coefficient (Wildman–Crippen LogP) is 5.45. The molecule has 0 amide bonds. The summed E-state index contributed by atoms with van der Waals surface area (Å²) in [4.78, 5) is 10.3. The molecule has 0 aliphatic heterocycles. The fourth-order valence-corrected chi connectivity index (χ4v) is 7.76. The summed E-state index contributed by atoms with van der Waals surface area (Å²) in [5, 5.41) is 0. The third-order valence-electron chi connectivity index (χ3n) is 5.70. The van der Waals surface area contributed by atoms with E-state index >= 15 is 0 Å². The van der Waals surface area contributed by atoms with Crippen LogP contribution in [0.3, 0.4) is 0 Å². The van der Waals surface area contributed by atoms with Crippen LogP contribution in [0.5, 0.6) is 0 Å². The van der Waals surface area contributed by atoms with Crippen molar-refractivity contribution >= 4 is 15.9 Å². The minimum atomic E-state index is -3.09. The van der Waals surface area contributed by atoms with Crippen LogP contribution in [0.1, 0.15) is 57.8 Å². The lowest BCUT2D eigenvalue weighted by Gasteiger charge is -2.36. The molecule has 134 valence electrons. The molecule has 2 fully saturated rings. The zero-order valence-electron chi connectivity index (χ0n) is 14.9. The van der Waals surface area contributed by atoms with E-state index in [0.29, 0.717) is 11.3 Å². The van der Waals surface area contributed by atoms with E-state index in [2.05, 4.69) is 6.58 Å². The largest absolute Gasteiger partial charge is 0.432 e. The minimum absolute atomic E-state index is 0.0260. The Hall–Kier alpha value is -0.0931. The van der Waals surface area contributed by atoms with Gasteiger partial charge in [0, 0.05) is 13.0 Å². The van der Waals surface area contributed by atoms with Gasteiger partial charge in [-0.05, 0) is 44.3 Å². The summed E-state index contributed by atoms with van der Waals surface area (Å²) in [7, 11) is -3.64. The Kier molecular flexibility index (Phi) is 6.57. The van der Waals surface area contributed by atoms with Gasteiger partial charge in [0.15, 0.2) is 8.32 Å². The van der Waals surface area contributed by atoms with E-state index in [1.54, 1.807) is 0 Å². The van der Waals surface area contributed by atoms with Crippen LogP contribution in [-0.2, 0) is 13.6 Å². The summed E-state index contributed by atoms with van der Waals surface area (Å²) in [6, 6.07) is 0. The first-order valence-corrected chi connectivity index (χ1v) is 13.7. The highest BCUT2D eigenvalue weighted by molar-refractivity contribution is 7.54. The standard InChI is InChI=1S/C17H33O4PSi/c1-14(15-10-12-17(13-11-15)23(3,4)19)21-22(18,20-2)16-8-6-5-7-9-16/h15-17,19H,1,5-13H2,2-4H3. The maximum atomic E-state index is 13.1. The van der Waals surface area contributed by atoms with Gasteiger partial charge in [-0.1, -0.05) is 38.7 Å². The Bertz CT molecular complexity index is 446. The highest BCUT2D eigenvalue weighted by atomic mass is 31.2. The molecule has 1 unspecified atom stereocenters. The molecule has 0 bridgehead atoms. The van der Waals surface area contributed by atoms with Crippen molar-refractivity contribution in [3.8, 4) is 0 Å². The summed E-state index contributed by atoms with van der Waals surface area (Å²) >= 11 is 0. The van der Waals surface area contributed by atoms with E-state index in [1.807, 2.05) is 13.1 Å². The van der Waals surface area contributed by atoms with Gasteiger partial charge in [0.1, 0.15) is 5.76 Å². The molecule has 0 saturated heterocycles. The maximum Gasteiger partial charge on any atom is 0.381 e. The van der Waals surface area contributed by atoms with Crippen molar-refractivity contribution in [1.29, 1.82) is 0 Å². The van der Waals surface area contributed by atoms with Crippen LogP contribution in [0.25, 0.3) is 0 Å². The zero-order chi connectivity index (χ0) is 17.1. The molecule has 2 rings (SSSR count). The van der Waals surface area contributed by atoms with Gasteiger partial charge in [0.05, 0.1) is 5.66 Å². The SMILES string of the molecule is C=C(OP(=O)(OC)C1CCCCC1)C1CCC([Si](C)(C)O)CC1. The van der Waals surface area contributed by atoms with E-state index in [-0.39, 0.29) is 11.6 Å². The predicted molar refractivity (Wildman–Crippen MR) is 97.1 cm³/mol. The Morgan fingerprint density at radius 2 is 1.65 bits per heavy atom. The second-order valence-corrected chi connectivity index (χ2v) is 14.3. The van der Waals surface area contributed by atoms with Crippen LogP contribution in [0.2, 0.25) is 18.6 Å². The van der Waals surface area contributed by atoms with E-state index < -0.39 is 15.9 Å². The van der Waals surface area contributed by atoms with Gasteiger partial charge in [-0.2, -0.15) is 0 Å².